The van der Waals surface area contributed by atoms with Crippen molar-refractivity contribution >= 4 is 27.5 Å². The first-order valence-corrected chi connectivity index (χ1v) is 9.75. The largest absolute Gasteiger partial charge is 0.341 e. The summed E-state index contributed by atoms with van der Waals surface area (Å²) in [6.45, 7) is 0.584. The van der Waals surface area contributed by atoms with Crippen LogP contribution < -0.4 is 5.56 Å². The third kappa shape index (κ3) is 3.29. The average Bonchev–Trinajstić information content (AvgIpc) is 3.21. The monoisotopic (exact) mass is 367 g/mol. The molecule has 0 unspecified atom stereocenters. The highest BCUT2D eigenvalue weighted by Gasteiger charge is 2.21. The number of hydrogen-bond acceptors (Lipinski definition) is 4. The molecule has 134 valence electrons. The van der Waals surface area contributed by atoms with E-state index in [1.165, 1.54) is 10.4 Å². The lowest BCUT2D eigenvalue weighted by Gasteiger charge is -2.17. The minimum absolute atomic E-state index is 0.0465. The molecule has 0 saturated heterocycles. The molecule has 4 rings (SSSR count). The molecule has 2 aromatic heterocycles. The van der Waals surface area contributed by atoms with Crippen LogP contribution in [0.1, 0.15) is 34.7 Å². The third-order valence-electron chi connectivity index (χ3n) is 4.89. The lowest BCUT2D eigenvalue weighted by Crippen LogP contribution is -2.26. The van der Waals surface area contributed by atoms with E-state index in [1.807, 2.05) is 30.3 Å². The van der Waals surface area contributed by atoms with Gasteiger partial charge in [0, 0.05) is 31.3 Å². The van der Waals surface area contributed by atoms with Crippen LogP contribution in [0.25, 0.3) is 10.2 Å². The summed E-state index contributed by atoms with van der Waals surface area (Å²) in [5.74, 6) is 0.647. The van der Waals surface area contributed by atoms with E-state index in [4.69, 9.17) is 0 Å². The van der Waals surface area contributed by atoms with Crippen molar-refractivity contribution in [1.82, 2.24) is 14.9 Å². The van der Waals surface area contributed by atoms with Gasteiger partial charge < -0.3 is 9.88 Å². The van der Waals surface area contributed by atoms with Gasteiger partial charge in [0.1, 0.15) is 10.7 Å². The second-order valence-corrected chi connectivity index (χ2v) is 7.87. The minimum atomic E-state index is -0.0607. The highest BCUT2D eigenvalue weighted by Crippen LogP contribution is 2.34. The van der Waals surface area contributed by atoms with Gasteiger partial charge in [0.25, 0.3) is 5.56 Å². The number of amides is 1. The fourth-order valence-corrected chi connectivity index (χ4v) is 4.81. The SMILES string of the molecule is CN(Cc1ccccc1)C(=O)CCc1nc2sc3c(c2c(=O)[nH]1)CCC3. The van der Waals surface area contributed by atoms with Gasteiger partial charge in [-0.3, -0.25) is 9.59 Å². The Bertz CT molecular complexity index is 1010. The maximum Gasteiger partial charge on any atom is 0.259 e. The summed E-state index contributed by atoms with van der Waals surface area (Å²) < 4.78 is 0. The summed E-state index contributed by atoms with van der Waals surface area (Å²) >= 11 is 1.63. The summed E-state index contributed by atoms with van der Waals surface area (Å²) in [6, 6.07) is 9.91. The number of thiophene rings is 1. The van der Waals surface area contributed by atoms with E-state index in [-0.39, 0.29) is 11.5 Å². The molecule has 6 heteroatoms. The minimum Gasteiger partial charge on any atom is -0.341 e. The van der Waals surface area contributed by atoms with E-state index in [9.17, 15) is 9.59 Å². The van der Waals surface area contributed by atoms with Gasteiger partial charge in [0.15, 0.2) is 0 Å². The molecule has 1 amide bonds. The molecule has 0 fully saturated rings. The molecular formula is C20H21N3O2S. The normalized spacial score (nSPS) is 13.1. The number of nitrogens with one attached hydrogen (secondary N) is 1. The number of aryl methyl sites for hydroxylation is 3. The maximum absolute atomic E-state index is 12.5. The lowest BCUT2D eigenvalue weighted by atomic mass is 10.2. The lowest BCUT2D eigenvalue weighted by molar-refractivity contribution is -0.130. The number of fused-ring (bicyclic) bond motifs is 3. The number of aromatic nitrogens is 2. The quantitative estimate of drug-likeness (QED) is 0.754. The molecule has 0 aliphatic heterocycles. The smallest absolute Gasteiger partial charge is 0.259 e. The van der Waals surface area contributed by atoms with Gasteiger partial charge in [-0.25, -0.2) is 4.98 Å². The van der Waals surface area contributed by atoms with Gasteiger partial charge in [-0.1, -0.05) is 30.3 Å². The summed E-state index contributed by atoms with van der Waals surface area (Å²) in [7, 11) is 1.80. The van der Waals surface area contributed by atoms with Crippen molar-refractivity contribution in [2.24, 2.45) is 0 Å². The highest BCUT2D eigenvalue weighted by molar-refractivity contribution is 7.18. The van der Waals surface area contributed by atoms with Gasteiger partial charge in [0.05, 0.1) is 5.39 Å². The number of aromatic amines is 1. The first-order chi connectivity index (χ1) is 12.6. The van der Waals surface area contributed by atoms with Gasteiger partial charge in [-0.15, -0.1) is 11.3 Å². The van der Waals surface area contributed by atoms with Crippen molar-refractivity contribution in [3.63, 3.8) is 0 Å². The van der Waals surface area contributed by atoms with Gasteiger partial charge in [0.2, 0.25) is 5.91 Å². The second-order valence-electron chi connectivity index (χ2n) is 6.79. The summed E-state index contributed by atoms with van der Waals surface area (Å²) in [5.41, 5.74) is 2.22. The van der Waals surface area contributed by atoms with Crippen LogP contribution in [0.4, 0.5) is 0 Å². The Balaban J connectivity index is 1.44. The van der Waals surface area contributed by atoms with Crippen molar-refractivity contribution in [3.05, 3.63) is 62.5 Å². The number of hydrogen-bond donors (Lipinski definition) is 1. The average molecular weight is 367 g/mol. The number of H-pyrrole nitrogens is 1. The maximum atomic E-state index is 12.5. The molecule has 5 nitrogen and oxygen atoms in total. The van der Waals surface area contributed by atoms with Crippen LogP contribution in [0.5, 0.6) is 0 Å². The van der Waals surface area contributed by atoms with Crippen molar-refractivity contribution < 1.29 is 4.79 Å². The molecule has 1 aliphatic carbocycles. The molecular weight excluding hydrogens is 346 g/mol. The summed E-state index contributed by atoms with van der Waals surface area (Å²) in [6.07, 6.45) is 3.94. The Kier molecular flexibility index (Phi) is 4.59. The van der Waals surface area contributed by atoms with Crippen LogP contribution in [-0.4, -0.2) is 27.8 Å². The van der Waals surface area contributed by atoms with Crippen molar-refractivity contribution in [2.45, 2.75) is 38.6 Å². The number of nitrogens with zero attached hydrogens (tertiary/aromatic N) is 2. The molecule has 0 spiro atoms. The molecule has 1 aliphatic rings. The van der Waals surface area contributed by atoms with E-state index < -0.39 is 0 Å². The van der Waals surface area contributed by atoms with E-state index in [2.05, 4.69) is 9.97 Å². The van der Waals surface area contributed by atoms with Crippen LogP contribution in [0.3, 0.4) is 0 Å². The molecule has 1 N–H and O–H groups in total. The highest BCUT2D eigenvalue weighted by atomic mass is 32.1. The summed E-state index contributed by atoms with van der Waals surface area (Å²) in [4.78, 5) is 36.2. The number of benzene rings is 1. The molecule has 1 aromatic carbocycles. The first-order valence-electron chi connectivity index (χ1n) is 8.93. The van der Waals surface area contributed by atoms with Crippen LogP contribution in [0.15, 0.2) is 35.1 Å². The topological polar surface area (TPSA) is 66.1 Å². The van der Waals surface area contributed by atoms with Crippen molar-refractivity contribution in [2.75, 3.05) is 7.05 Å². The van der Waals surface area contributed by atoms with Crippen molar-refractivity contribution in [1.29, 1.82) is 0 Å². The number of carbonyl (C=O) groups is 1. The fourth-order valence-electron chi connectivity index (χ4n) is 3.53. The van der Waals surface area contributed by atoms with E-state index in [0.29, 0.717) is 25.2 Å². The third-order valence-corrected chi connectivity index (χ3v) is 6.07. The van der Waals surface area contributed by atoms with Crippen LogP contribution in [-0.2, 0) is 30.6 Å². The Morgan fingerprint density at radius 1 is 1.27 bits per heavy atom. The van der Waals surface area contributed by atoms with Crippen molar-refractivity contribution in [3.8, 4) is 0 Å². The van der Waals surface area contributed by atoms with Gasteiger partial charge >= 0.3 is 0 Å². The predicted molar refractivity (Wildman–Crippen MR) is 104 cm³/mol. The molecule has 2 heterocycles. The van der Waals surface area contributed by atoms with Crippen LogP contribution >= 0.6 is 11.3 Å². The van der Waals surface area contributed by atoms with Gasteiger partial charge in [-0.2, -0.15) is 0 Å². The molecule has 0 bridgehead atoms. The second kappa shape index (κ2) is 7.03. The zero-order chi connectivity index (χ0) is 18.1. The predicted octanol–water partition coefficient (Wildman–Crippen LogP) is 3.06. The first kappa shape index (κ1) is 17.0. The van der Waals surface area contributed by atoms with E-state index in [1.54, 1.807) is 23.3 Å². The fraction of sp³-hybridized carbons (Fsp3) is 0.350. The molecule has 0 saturated carbocycles. The molecule has 0 atom stereocenters. The number of carbonyl (C=O) groups excluding carboxylic acids is 1. The Morgan fingerprint density at radius 3 is 2.88 bits per heavy atom. The zero-order valence-electron chi connectivity index (χ0n) is 14.7. The van der Waals surface area contributed by atoms with Crippen LogP contribution in [0.2, 0.25) is 0 Å². The Labute approximate surface area is 155 Å². The van der Waals surface area contributed by atoms with Gasteiger partial charge in [-0.05, 0) is 30.4 Å². The zero-order valence-corrected chi connectivity index (χ0v) is 15.6. The Morgan fingerprint density at radius 2 is 2.08 bits per heavy atom. The molecule has 0 radical (unpaired) electrons. The Hall–Kier alpha value is -2.47. The molecule has 3 aromatic rings. The van der Waals surface area contributed by atoms with E-state index in [0.717, 1.165) is 35.0 Å². The van der Waals surface area contributed by atoms with Crippen LogP contribution in [0, 0.1) is 0 Å². The van der Waals surface area contributed by atoms with E-state index >= 15 is 0 Å². The summed E-state index contributed by atoms with van der Waals surface area (Å²) in [5, 5.41) is 0.763. The standard InChI is InChI=1S/C20H21N3O2S/c1-23(12-13-6-3-2-4-7-13)17(24)11-10-16-21-19(25)18-14-8-5-9-15(14)26-20(18)22-16/h2-4,6-7H,5,8-12H2,1H3,(H,21,22,25). The number of rotatable bonds is 5. The molecule has 26 heavy (non-hydrogen) atoms.